The van der Waals surface area contributed by atoms with Crippen molar-refractivity contribution in [3.63, 3.8) is 0 Å². The number of nitrogens with zero attached hydrogens (tertiary/aromatic N) is 3. The van der Waals surface area contributed by atoms with Gasteiger partial charge in [0.05, 0.1) is 24.6 Å². The fraction of sp³-hybridized carbons (Fsp3) is 0.240. The first-order valence-electron chi connectivity index (χ1n) is 10.9. The van der Waals surface area contributed by atoms with Crippen LogP contribution in [0.15, 0.2) is 58.4 Å². The van der Waals surface area contributed by atoms with E-state index in [0.717, 1.165) is 0 Å². The summed E-state index contributed by atoms with van der Waals surface area (Å²) in [6.07, 6.45) is 1.27. The molecule has 0 saturated heterocycles. The lowest BCUT2D eigenvalue weighted by molar-refractivity contribution is -0.149. The van der Waals surface area contributed by atoms with Crippen molar-refractivity contribution >= 4 is 18.1 Å². The van der Waals surface area contributed by atoms with Gasteiger partial charge < -0.3 is 14.2 Å². The van der Waals surface area contributed by atoms with Gasteiger partial charge in [-0.05, 0) is 44.5 Å². The molecule has 0 amide bonds. The first-order valence-corrected chi connectivity index (χ1v) is 10.9. The number of anilines is 1. The van der Waals surface area contributed by atoms with Gasteiger partial charge in [0.1, 0.15) is 11.6 Å². The fourth-order valence-corrected chi connectivity index (χ4v) is 3.03. The highest BCUT2D eigenvalue weighted by atomic mass is 16.6. The molecule has 0 aliphatic carbocycles. The van der Waals surface area contributed by atoms with Gasteiger partial charge in [0.25, 0.3) is 5.56 Å². The van der Waals surface area contributed by atoms with E-state index in [0.29, 0.717) is 29.2 Å². The van der Waals surface area contributed by atoms with Crippen molar-refractivity contribution in [2.45, 2.75) is 26.9 Å². The number of esters is 1. The van der Waals surface area contributed by atoms with Gasteiger partial charge in [0.2, 0.25) is 5.95 Å². The van der Waals surface area contributed by atoms with Gasteiger partial charge in [-0.3, -0.25) is 9.78 Å². The maximum atomic E-state index is 12.3. The molecule has 0 fully saturated rings. The second-order valence-corrected chi connectivity index (χ2v) is 7.45. The Balaban J connectivity index is 1.76. The first-order chi connectivity index (χ1) is 16.9. The van der Waals surface area contributed by atoms with Gasteiger partial charge in [-0.1, -0.05) is 30.3 Å². The molecular formula is C25H25N5O5. The molecule has 0 saturated carbocycles. The third kappa shape index (κ3) is 6.91. The lowest BCUT2D eigenvalue weighted by Gasteiger charge is -2.13. The summed E-state index contributed by atoms with van der Waals surface area (Å²) in [4.78, 5) is 30.9. The van der Waals surface area contributed by atoms with Crippen molar-refractivity contribution in [3.05, 3.63) is 70.0 Å². The van der Waals surface area contributed by atoms with Crippen LogP contribution in [0.5, 0.6) is 11.5 Å². The molecule has 0 aliphatic rings. The van der Waals surface area contributed by atoms with E-state index < -0.39 is 11.5 Å². The normalized spacial score (nSPS) is 10.7. The topological polar surface area (TPSA) is 139 Å². The summed E-state index contributed by atoms with van der Waals surface area (Å²) in [5.74, 6) is 0.433. The third-order valence-corrected chi connectivity index (χ3v) is 4.44. The maximum Gasteiger partial charge on any atom is 0.344 e. The predicted octanol–water partition coefficient (Wildman–Crippen LogP) is 3.48. The number of benzene rings is 2. The fourth-order valence-electron chi connectivity index (χ4n) is 3.03. The SMILES string of the molecule is CCOc1cc(C=NNc2nc(-c3ccccc3)c(C#N)c(=O)[nH]2)ccc1OCC(=O)OC(C)C. The van der Waals surface area contributed by atoms with Crippen LogP contribution in [0.3, 0.4) is 0 Å². The number of carbonyl (C=O) groups is 1. The highest BCUT2D eigenvalue weighted by Crippen LogP contribution is 2.28. The van der Waals surface area contributed by atoms with Crippen molar-refractivity contribution in [1.29, 1.82) is 5.26 Å². The number of aromatic amines is 1. The number of nitrogens with one attached hydrogen (secondary N) is 2. The molecule has 0 radical (unpaired) electrons. The number of hydrogen-bond acceptors (Lipinski definition) is 9. The average Bonchev–Trinajstić information content (AvgIpc) is 2.83. The molecule has 3 aromatic rings. The molecular weight excluding hydrogens is 450 g/mol. The van der Waals surface area contributed by atoms with E-state index in [2.05, 4.69) is 20.5 Å². The predicted molar refractivity (Wildman–Crippen MR) is 131 cm³/mol. The minimum Gasteiger partial charge on any atom is -0.490 e. The van der Waals surface area contributed by atoms with Crippen LogP contribution in [0.4, 0.5) is 5.95 Å². The van der Waals surface area contributed by atoms with E-state index in [4.69, 9.17) is 14.2 Å². The van der Waals surface area contributed by atoms with Gasteiger partial charge >= 0.3 is 5.97 Å². The Hall–Kier alpha value is -4.65. The number of aromatic nitrogens is 2. The molecule has 0 unspecified atom stereocenters. The monoisotopic (exact) mass is 475 g/mol. The summed E-state index contributed by atoms with van der Waals surface area (Å²) < 4.78 is 16.2. The molecule has 35 heavy (non-hydrogen) atoms. The van der Waals surface area contributed by atoms with E-state index in [9.17, 15) is 14.9 Å². The number of hydrazone groups is 1. The van der Waals surface area contributed by atoms with Crippen molar-refractivity contribution in [1.82, 2.24) is 9.97 Å². The smallest absolute Gasteiger partial charge is 0.344 e. The van der Waals surface area contributed by atoms with Crippen LogP contribution in [0.1, 0.15) is 31.9 Å². The molecule has 0 bridgehead atoms. The zero-order chi connectivity index (χ0) is 25.2. The number of hydrogen-bond donors (Lipinski definition) is 2. The first kappa shape index (κ1) is 25.0. The minimum atomic E-state index is -0.574. The summed E-state index contributed by atoms with van der Waals surface area (Å²) in [5, 5.41) is 13.5. The van der Waals surface area contributed by atoms with E-state index in [-0.39, 0.29) is 29.9 Å². The molecule has 3 rings (SSSR count). The van der Waals surface area contributed by atoms with E-state index in [1.807, 2.05) is 19.1 Å². The average molecular weight is 476 g/mol. The Labute approximate surface area is 202 Å². The minimum absolute atomic E-state index is 0.0813. The standard InChI is InChI=1S/C25H25N5O5/c1-4-33-21-12-17(10-11-20(21)34-15-22(31)35-16(2)3)14-27-30-25-28-23(18-8-6-5-7-9-18)19(13-26)24(32)29-25/h5-12,14,16H,4,15H2,1-3H3,(H2,28,29,30,32). The molecule has 180 valence electrons. The van der Waals surface area contributed by atoms with Crippen LogP contribution in [0.25, 0.3) is 11.3 Å². The summed E-state index contributed by atoms with van der Waals surface area (Å²) in [6.45, 7) is 5.50. The van der Waals surface area contributed by atoms with Crippen molar-refractivity contribution in [2.24, 2.45) is 5.10 Å². The summed E-state index contributed by atoms with van der Waals surface area (Å²) in [5.41, 5.74) is 3.58. The zero-order valence-electron chi connectivity index (χ0n) is 19.6. The quantitative estimate of drug-likeness (QED) is 0.258. The number of H-pyrrole nitrogens is 1. The van der Waals surface area contributed by atoms with Gasteiger partial charge in [0.15, 0.2) is 18.1 Å². The molecule has 0 atom stereocenters. The second-order valence-electron chi connectivity index (χ2n) is 7.45. The molecule has 10 heteroatoms. The molecule has 1 heterocycles. The Bertz CT molecular complexity index is 1300. The van der Waals surface area contributed by atoms with Crippen molar-refractivity contribution in [3.8, 4) is 28.8 Å². The van der Waals surface area contributed by atoms with Crippen molar-refractivity contribution < 1.29 is 19.0 Å². The largest absolute Gasteiger partial charge is 0.490 e. The molecule has 1 aromatic heterocycles. The molecule has 0 aliphatic heterocycles. The van der Waals surface area contributed by atoms with Gasteiger partial charge in [-0.2, -0.15) is 10.4 Å². The number of carbonyl (C=O) groups excluding carboxylic acids is 1. The Morgan fingerprint density at radius 3 is 2.66 bits per heavy atom. The van der Waals surface area contributed by atoms with Gasteiger partial charge in [-0.25, -0.2) is 15.2 Å². The number of nitriles is 1. The highest BCUT2D eigenvalue weighted by Gasteiger charge is 2.13. The Morgan fingerprint density at radius 1 is 1.20 bits per heavy atom. The molecule has 10 nitrogen and oxygen atoms in total. The summed E-state index contributed by atoms with van der Waals surface area (Å²) in [6, 6.07) is 15.9. The van der Waals surface area contributed by atoms with Crippen LogP contribution in [0.2, 0.25) is 0 Å². The highest BCUT2D eigenvalue weighted by molar-refractivity contribution is 5.81. The van der Waals surface area contributed by atoms with Crippen LogP contribution in [-0.2, 0) is 9.53 Å². The summed E-state index contributed by atoms with van der Waals surface area (Å²) >= 11 is 0. The third-order valence-electron chi connectivity index (χ3n) is 4.44. The van der Waals surface area contributed by atoms with Crippen LogP contribution in [0, 0.1) is 11.3 Å². The number of rotatable bonds is 10. The second kappa shape index (κ2) is 12.0. The van der Waals surface area contributed by atoms with Crippen LogP contribution in [-0.4, -0.2) is 41.5 Å². The van der Waals surface area contributed by atoms with Gasteiger partial charge in [0, 0.05) is 5.56 Å². The molecule has 0 spiro atoms. The lowest BCUT2D eigenvalue weighted by atomic mass is 10.1. The van der Waals surface area contributed by atoms with E-state index in [1.54, 1.807) is 56.3 Å². The van der Waals surface area contributed by atoms with Crippen molar-refractivity contribution in [2.75, 3.05) is 18.6 Å². The zero-order valence-corrected chi connectivity index (χ0v) is 19.6. The molecule has 2 N–H and O–H groups in total. The Morgan fingerprint density at radius 2 is 1.97 bits per heavy atom. The lowest BCUT2D eigenvalue weighted by Crippen LogP contribution is -2.19. The van der Waals surface area contributed by atoms with Crippen LogP contribution < -0.4 is 20.5 Å². The summed E-state index contributed by atoms with van der Waals surface area (Å²) in [7, 11) is 0. The Kier molecular flexibility index (Phi) is 8.56. The van der Waals surface area contributed by atoms with Crippen LogP contribution >= 0.6 is 0 Å². The van der Waals surface area contributed by atoms with E-state index in [1.165, 1.54) is 6.21 Å². The molecule has 2 aromatic carbocycles. The van der Waals surface area contributed by atoms with Gasteiger partial charge in [-0.15, -0.1) is 0 Å². The van der Waals surface area contributed by atoms with E-state index >= 15 is 0 Å². The number of ether oxygens (including phenoxy) is 3. The maximum absolute atomic E-state index is 12.3.